The number of benzene rings is 1. The number of nitrogens with one attached hydrogen (secondary N) is 1. The summed E-state index contributed by atoms with van der Waals surface area (Å²) in [6.45, 7) is 7.92. The number of hydrogen-bond acceptors (Lipinski definition) is 5. The zero-order chi connectivity index (χ0) is 20.0. The molecule has 144 valence electrons. The predicted molar refractivity (Wildman–Crippen MR) is 104 cm³/mol. The number of methoxy groups -OCH3 is 1. The lowest BCUT2D eigenvalue weighted by Crippen LogP contribution is -2.07. The van der Waals surface area contributed by atoms with Crippen LogP contribution in [0.25, 0.3) is 6.08 Å². The summed E-state index contributed by atoms with van der Waals surface area (Å²) in [5.74, 6) is 0.605. The van der Waals surface area contributed by atoms with Crippen LogP contribution in [0.5, 0.6) is 11.5 Å². The van der Waals surface area contributed by atoms with Crippen molar-refractivity contribution in [3.63, 3.8) is 0 Å². The largest absolute Gasteiger partial charge is 0.493 e. The molecule has 1 aromatic heterocycles. The highest BCUT2D eigenvalue weighted by atomic mass is 16.5. The lowest BCUT2D eigenvalue weighted by Gasteiger charge is -2.09. The normalized spacial score (nSPS) is 10.9. The third-order valence-corrected chi connectivity index (χ3v) is 4.08. The van der Waals surface area contributed by atoms with Gasteiger partial charge in [0.25, 0.3) is 0 Å². The number of hydrogen-bond donors (Lipinski definition) is 1. The molecule has 0 radical (unpaired) electrons. The Bertz CT molecular complexity index is 864. The number of carbonyl (C=O) groups is 2. The van der Waals surface area contributed by atoms with Crippen molar-refractivity contribution in [3.05, 3.63) is 52.4 Å². The van der Waals surface area contributed by atoms with Gasteiger partial charge in [0.2, 0.25) is 0 Å². The van der Waals surface area contributed by atoms with Gasteiger partial charge in [-0.25, -0.2) is 4.79 Å². The molecule has 27 heavy (non-hydrogen) atoms. The number of rotatable bonds is 8. The van der Waals surface area contributed by atoms with Crippen molar-refractivity contribution in [2.75, 3.05) is 20.3 Å². The molecule has 0 spiro atoms. The van der Waals surface area contributed by atoms with Crippen LogP contribution in [-0.2, 0) is 4.74 Å². The van der Waals surface area contributed by atoms with E-state index in [9.17, 15) is 9.59 Å². The Hall–Kier alpha value is -3.02. The predicted octanol–water partition coefficient (Wildman–Crippen LogP) is 4.11. The number of esters is 1. The zero-order valence-electron chi connectivity index (χ0n) is 16.3. The standard InChI is InChI=1S/C21H25NO5/c1-6-26-18-12-15(9-11-17(18)25-5)8-10-16(23)19-13(3)20(22-14(19)4)21(24)27-7-2/h8-12,22H,6-7H2,1-5H3/b10-8+. The molecule has 0 fully saturated rings. The highest BCUT2D eigenvalue weighted by Gasteiger charge is 2.21. The van der Waals surface area contributed by atoms with Crippen LogP contribution >= 0.6 is 0 Å². The minimum atomic E-state index is -0.461. The average molecular weight is 371 g/mol. The number of H-pyrrole nitrogens is 1. The molecule has 0 saturated carbocycles. The molecule has 0 amide bonds. The molecular formula is C21H25NO5. The molecule has 2 rings (SSSR count). The Labute approximate surface area is 159 Å². The molecule has 1 heterocycles. The summed E-state index contributed by atoms with van der Waals surface area (Å²) < 4.78 is 15.8. The maximum Gasteiger partial charge on any atom is 0.355 e. The van der Waals surface area contributed by atoms with Gasteiger partial charge >= 0.3 is 5.97 Å². The third kappa shape index (κ3) is 4.58. The quantitative estimate of drug-likeness (QED) is 0.429. The Morgan fingerprint density at radius 2 is 1.85 bits per heavy atom. The maximum atomic E-state index is 12.7. The molecule has 2 aromatic rings. The van der Waals surface area contributed by atoms with Crippen LogP contribution in [0.15, 0.2) is 24.3 Å². The Balaban J connectivity index is 2.27. The van der Waals surface area contributed by atoms with Crippen molar-refractivity contribution < 1.29 is 23.8 Å². The smallest absolute Gasteiger partial charge is 0.355 e. The number of carbonyl (C=O) groups excluding carboxylic acids is 2. The second-order valence-electron chi connectivity index (χ2n) is 5.89. The van der Waals surface area contributed by atoms with Gasteiger partial charge in [-0.05, 0) is 57.0 Å². The number of ketones is 1. The van der Waals surface area contributed by atoms with Crippen LogP contribution in [0.2, 0.25) is 0 Å². The molecule has 0 aliphatic heterocycles. The van der Waals surface area contributed by atoms with Gasteiger partial charge in [0.05, 0.1) is 20.3 Å². The summed E-state index contributed by atoms with van der Waals surface area (Å²) in [6, 6.07) is 5.44. The number of aromatic nitrogens is 1. The van der Waals surface area contributed by atoms with Gasteiger partial charge in [0, 0.05) is 11.3 Å². The average Bonchev–Trinajstić information content (AvgIpc) is 2.95. The SMILES string of the molecule is CCOC(=O)c1[nH]c(C)c(C(=O)/C=C/c2ccc(OC)c(OCC)c2)c1C. The van der Waals surface area contributed by atoms with Crippen molar-refractivity contribution in [2.24, 2.45) is 0 Å². The zero-order valence-corrected chi connectivity index (χ0v) is 16.3. The van der Waals surface area contributed by atoms with Gasteiger partial charge in [0.1, 0.15) is 5.69 Å². The van der Waals surface area contributed by atoms with Gasteiger partial charge in [-0.15, -0.1) is 0 Å². The van der Waals surface area contributed by atoms with Gasteiger partial charge in [-0.1, -0.05) is 12.1 Å². The van der Waals surface area contributed by atoms with Crippen molar-refractivity contribution in [1.29, 1.82) is 0 Å². The van der Waals surface area contributed by atoms with Crippen LogP contribution in [0.1, 0.15) is 51.5 Å². The third-order valence-electron chi connectivity index (χ3n) is 4.08. The van der Waals surface area contributed by atoms with E-state index in [-0.39, 0.29) is 12.4 Å². The first-order valence-corrected chi connectivity index (χ1v) is 8.82. The lowest BCUT2D eigenvalue weighted by atomic mass is 10.0. The number of ether oxygens (including phenoxy) is 3. The van der Waals surface area contributed by atoms with Gasteiger partial charge in [-0.3, -0.25) is 4.79 Å². The molecule has 1 N–H and O–H groups in total. The van der Waals surface area contributed by atoms with Crippen LogP contribution in [-0.4, -0.2) is 37.1 Å². The van der Waals surface area contributed by atoms with Crippen molar-refractivity contribution in [3.8, 4) is 11.5 Å². The van der Waals surface area contributed by atoms with Gasteiger partial charge in [-0.2, -0.15) is 0 Å². The molecule has 0 unspecified atom stereocenters. The molecule has 0 aliphatic carbocycles. The first-order chi connectivity index (χ1) is 12.9. The second kappa shape index (κ2) is 9.07. The van der Waals surface area contributed by atoms with Gasteiger partial charge < -0.3 is 19.2 Å². The minimum Gasteiger partial charge on any atom is -0.493 e. The first kappa shape index (κ1) is 20.3. The van der Waals surface area contributed by atoms with Crippen molar-refractivity contribution >= 4 is 17.8 Å². The molecule has 6 nitrogen and oxygen atoms in total. The van der Waals surface area contributed by atoms with Crippen LogP contribution in [0, 0.1) is 13.8 Å². The molecule has 1 aromatic carbocycles. The van der Waals surface area contributed by atoms with E-state index in [0.29, 0.717) is 40.6 Å². The topological polar surface area (TPSA) is 77.6 Å². The Morgan fingerprint density at radius 1 is 1.11 bits per heavy atom. The first-order valence-electron chi connectivity index (χ1n) is 8.82. The minimum absolute atomic E-state index is 0.189. The van der Waals surface area contributed by atoms with Crippen LogP contribution in [0.3, 0.4) is 0 Å². The Morgan fingerprint density at radius 3 is 2.48 bits per heavy atom. The van der Waals surface area contributed by atoms with Crippen LogP contribution < -0.4 is 9.47 Å². The second-order valence-corrected chi connectivity index (χ2v) is 5.89. The number of aromatic amines is 1. The lowest BCUT2D eigenvalue weighted by molar-refractivity contribution is 0.0519. The summed E-state index contributed by atoms with van der Waals surface area (Å²) in [4.78, 5) is 27.6. The monoisotopic (exact) mass is 371 g/mol. The summed E-state index contributed by atoms with van der Waals surface area (Å²) in [5.41, 5.74) is 2.83. The highest BCUT2D eigenvalue weighted by molar-refractivity contribution is 6.10. The molecule has 0 aliphatic rings. The van der Waals surface area contributed by atoms with E-state index in [0.717, 1.165) is 5.56 Å². The molecule has 0 bridgehead atoms. The van der Waals surface area contributed by atoms with Crippen molar-refractivity contribution in [1.82, 2.24) is 4.98 Å². The molecule has 6 heteroatoms. The molecular weight excluding hydrogens is 346 g/mol. The van der Waals surface area contributed by atoms with E-state index in [2.05, 4.69) is 4.98 Å². The van der Waals surface area contributed by atoms with E-state index in [1.165, 1.54) is 6.08 Å². The summed E-state index contributed by atoms with van der Waals surface area (Å²) in [7, 11) is 1.58. The van der Waals surface area contributed by atoms with E-state index < -0.39 is 5.97 Å². The van der Waals surface area contributed by atoms with E-state index in [1.807, 2.05) is 19.1 Å². The fourth-order valence-corrected chi connectivity index (χ4v) is 2.85. The fourth-order valence-electron chi connectivity index (χ4n) is 2.85. The summed E-state index contributed by atoms with van der Waals surface area (Å²) >= 11 is 0. The van der Waals surface area contributed by atoms with Crippen LogP contribution in [0.4, 0.5) is 0 Å². The Kier molecular flexibility index (Phi) is 6.82. The molecule has 0 saturated heterocycles. The summed E-state index contributed by atoms with van der Waals surface area (Å²) in [6.07, 6.45) is 3.19. The number of aryl methyl sites for hydroxylation is 1. The fraction of sp³-hybridized carbons (Fsp3) is 0.333. The molecule has 0 atom stereocenters. The van der Waals surface area contributed by atoms with E-state index in [4.69, 9.17) is 14.2 Å². The highest BCUT2D eigenvalue weighted by Crippen LogP contribution is 2.28. The van der Waals surface area contributed by atoms with Crippen molar-refractivity contribution in [2.45, 2.75) is 27.7 Å². The van der Waals surface area contributed by atoms with E-state index >= 15 is 0 Å². The maximum absolute atomic E-state index is 12.7. The number of allylic oxidation sites excluding steroid dienone is 1. The van der Waals surface area contributed by atoms with E-state index in [1.54, 1.807) is 40.0 Å². The van der Waals surface area contributed by atoms with Gasteiger partial charge in [0.15, 0.2) is 17.3 Å². The summed E-state index contributed by atoms with van der Waals surface area (Å²) in [5, 5.41) is 0.